The number of hydrogen-bond acceptors (Lipinski definition) is 0. The normalized spacial score (nSPS) is 12.4. The van der Waals surface area contributed by atoms with E-state index < -0.39 is 0 Å². The van der Waals surface area contributed by atoms with E-state index in [1.165, 1.54) is 0 Å². The van der Waals surface area contributed by atoms with Gasteiger partial charge in [-0.1, -0.05) is 93.9 Å². The van der Waals surface area contributed by atoms with Gasteiger partial charge in [0, 0.05) is 32.3 Å². The molecule has 8 aromatic rings. The molecule has 0 atom stereocenters. The molecule has 0 aliphatic rings. The van der Waals surface area contributed by atoms with Gasteiger partial charge in [0.1, 0.15) is 0 Å². The van der Waals surface area contributed by atoms with Gasteiger partial charge in [0.2, 0.25) is 0 Å². The van der Waals surface area contributed by atoms with E-state index in [9.17, 15) is 0 Å². The molecule has 8 rings (SSSR count). The van der Waals surface area contributed by atoms with Crippen molar-refractivity contribution in [1.82, 2.24) is 9.58 Å². The van der Waals surface area contributed by atoms with E-state index in [0.717, 1.165) is 52.7 Å². The predicted octanol–water partition coefficient (Wildman–Crippen LogP) is 8.83. The van der Waals surface area contributed by atoms with Crippen LogP contribution in [-0.2, 0) is 0 Å². The molecule has 0 saturated heterocycles. The van der Waals surface area contributed by atoms with Gasteiger partial charge in [0.25, 0.3) is 0 Å². The highest BCUT2D eigenvalue weighted by Gasteiger charge is 2.25. The molecule has 0 fully saturated rings. The number of aromatic nitrogens is 2. The summed E-state index contributed by atoms with van der Waals surface area (Å²) in [4.78, 5) is 1.57. The molecule has 0 saturated carbocycles. The summed E-state index contributed by atoms with van der Waals surface area (Å²) < 4.78 is 32.3. The fourth-order valence-corrected chi connectivity index (χ4v) is 5.91. The monoisotopic (exact) mass is 442 g/mol. The smallest absolute Gasteiger partial charge is 0.0912 e. The Morgan fingerprint density at radius 3 is 1.21 bits per heavy atom. The average Bonchev–Trinajstić information content (AvgIpc) is 3.36. The van der Waals surface area contributed by atoms with Crippen molar-refractivity contribution in [2.75, 3.05) is 0 Å². The number of hydrogen-bond donors (Lipinski definition) is 0. The molecule has 0 spiro atoms. The maximum atomic E-state index is 16.1. The second-order valence-electron chi connectivity index (χ2n) is 8.92. The lowest BCUT2D eigenvalue weighted by molar-refractivity contribution is 0.405. The summed E-state index contributed by atoms with van der Waals surface area (Å²) in [5.41, 5.74) is 1.95. The number of halogens is 2. The number of fused-ring (bicyclic) bond motifs is 14. The van der Waals surface area contributed by atoms with Crippen LogP contribution in [0.2, 0.25) is 0 Å². The third kappa shape index (κ3) is 2.00. The van der Waals surface area contributed by atoms with Crippen molar-refractivity contribution < 1.29 is 8.96 Å². The maximum absolute atomic E-state index is 16.1. The molecule has 0 N–H and O–H groups in total. The van der Waals surface area contributed by atoms with E-state index >= 15 is 8.96 Å². The molecule has 0 aliphatic heterocycles. The van der Waals surface area contributed by atoms with Gasteiger partial charge in [-0.3, -0.25) is 0 Å². The van der Waals surface area contributed by atoms with Crippen molar-refractivity contribution in [3.63, 3.8) is 0 Å². The summed E-state index contributed by atoms with van der Waals surface area (Å²) in [5, 5.41) is 8.48. The zero-order valence-electron chi connectivity index (χ0n) is 17.9. The van der Waals surface area contributed by atoms with E-state index in [-0.39, 0.29) is 0 Å². The van der Waals surface area contributed by atoms with Crippen LogP contribution in [0.5, 0.6) is 0 Å². The second-order valence-corrected chi connectivity index (χ2v) is 8.92. The van der Waals surface area contributed by atoms with Crippen LogP contribution in [0.15, 0.2) is 97.1 Å². The molecule has 0 radical (unpaired) electrons. The van der Waals surface area contributed by atoms with Crippen LogP contribution in [0.25, 0.3) is 75.9 Å². The first-order valence-corrected chi connectivity index (χ1v) is 11.3. The molecule has 2 aromatic heterocycles. The molecule has 2 nitrogen and oxygen atoms in total. The van der Waals surface area contributed by atoms with Crippen molar-refractivity contribution in [3.8, 4) is 0 Å². The zero-order chi connectivity index (χ0) is 22.6. The number of rotatable bonds is 0. The van der Waals surface area contributed by atoms with Crippen molar-refractivity contribution >= 4 is 75.9 Å². The van der Waals surface area contributed by atoms with Crippen LogP contribution in [0.3, 0.4) is 0 Å². The van der Waals surface area contributed by atoms with E-state index in [1.54, 1.807) is 0 Å². The summed E-state index contributed by atoms with van der Waals surface area (Å²) in [6, 6.07) is 31.0. The lowest BCUT2D eigenvalue weighted by Gasteiger charge is -2.06. The summed E-state index contributed by atoms with van der Waals surface area (Å²) in [6.45, 7) is 0. The van der Waals surface area contributed by atoms with E-state index in [2.05, 4.69) is 0 Å². The van der Waals surface area contributed by atoms with Gasteiger partial charge >= 0.3 is 0 Å². The molecule has 2 heterocycles. The van der Waals surface area contributed by atoms with E-state index in [1.807, 2.05) is 97.1 Å². The Balaban J connectivity index is 1.86. The molecule has 4 heteroatoms. The molecule has 0 unspecified atom stereocenters. The standard InChI is InChI=1S/C30H16F2N2/c31-33-23-15-13-17-7-1-3-9-19(17)25(23)27-28-26-20-10-4-2-8-18(20)14-16-24(26)34(32)30(28)22-12-6-5-11-21(22)29(27)33/h1-16H. The number of nitrogens with zero attached hydrogens (tertiary/aromatic N) is 2. The third-order valence-corrected chi connectivity index (χ3v) is 7.29. The van der Waals surface area contributed by atoms with Gasteiger partial charge in [0.05, 0.1) is 22.1 Å². The maximum Gasteiger partial charge on any atom is 0.0912 e. The topological polar surface area (TPSA) is 9.86 Å². The molecule has 0 bridgehead atoms. The Morgan fingerprint density at radius 2 is 0.765 bits per heavy atom. The Labute approximate surface area is 191 Å². The number of benzene rings is 6. The molecular weight excluding hydrogens is 426 g/mol. The van der Waals surface area contributed by atoms with E-state index in [0.29, 0.717) is 32.8 Å². The van der Waals surface area contributed by atoms with E-state index in [4.69, 9.17) is 0 Å². The highest BCUT2D eigenvalue weighted by atomic mass is 19.2. The first kappa shape index (κ1) is 18.0. The minimum absolute atomic E-state index is 0.481. The van der Waals surface area contributed by atoms with Crippen LogP contribution in [0, 0.1) is 0 Å². The molecule has 160 valence electrons. The third-order valence-electron chi connectivity index (χ3n) is 7.29. The van der Waals surface area contributed by atoms with Crippen LogP contribution < -0.4 is 0 Å². The molecular formula is C30H16F2N2. The van der Waals surface area contributed by atoms with Gasteiger partial charge in [-0.2, -0.15) is 9.58 Å². The van der Waals surface area contributed by atoms with Gasteiger partial charge < -0.3 is 0 Å². The highest BCUT2D eigenvalue weighted by molar-refractivity contribution is 6.41. The van der Waals surface area contributed by atoms with Crippen molar-refractivity contribution in [2.24, 2.45) is 0 Å². The molecule has 0 aliphatic carbocycles. The lowest BCUT2D eigenvalue weighted by Crippen LogP contribution is -1.87. The lowest BCUT2D eigenvalue weighted by atomic mass is 9.95. The molecule has 0 amide bonds. The summed E-state index contributed by atoms with van der Waals surface area (Å²) in [5.74, 6) is 0. The van der Waals surface area contributed by atoms with Gasteiger partial charge in [-0.25, -0.2) is 0 Å². The molecule has 34 heavy (non-hydrogen) atoms. The molecule has 6 aromatic carbocycles. The van der Waals surface area contributed by atoms with Crippen molar-refractivity contribution in [1.29, 1.82) is 0 Å². The SMILES string of the molecule is Fn1c2ccc3ccccc3c2c2c3c4c5ccccc5ccc4n(F)c3c3ccccc3c21. The zero-order valence-corrected chi connectivity index (χ0v) is 17.9. The van der Waals surface area contributed by atoms with Crippen LogP contribution in [0.1, 0.15) is 0 Å². The van der Waals surface area contributed by atoms with Crippen LogP contribution in [-0.4, -0.2) is 9.58 Å². The quantitative estimate of drug-likeness (QED) is 0.222. The van der Waals surface area contributed by atoms with Crippen molar-refractivity contribution in [2.45, 2.75) is 0 Å². The van der Waals surface area contributed by atoms with Gasteiger partial charge in [0.15, 0.2) is 0 Å². The minimum Gasteiger partial charge on any atom is -0.178 e. The Hall–Kier alpha value is -4.44. The largest absolute Gasteiger partial charge is 0.178 e. The van der Waals surface area contributed by atoms with Gasteiger partial charge in [-0.05, 0) is 33.7 Å². The summed E-state index contributed by atoms with van der Waals surface area (Å²) in [6.07, 6.45) is 0. The average molecular weight is 442 g/mol. The minimum atomic E-state index is 0.481. The summed E-state index contributed by atoms with van der Waals surface area (Å²) >= 11 is 0. The Kier molecular flexibility index (Phi) is 3.24. The Bertz CT molecular complexity index is 1990. The Morgan fingerprint density at radius 1 is 0.382 bits per heavy atom. The fourth-order valence-electron chi connectivity index (χ4n) is 5.91. The predicted molar refractivity (Wildman–Crippen MR) is 138 cm³/mol. The van der Waals surface area contributed by atoms with Crippen LogP contribution >= 0.6 is 0 Å². The van der Waals surface area contributed by atoms with Crippen LogP contribution in [0.4, 0.5) is 8.96 Å². The highest BCUT2D eigenvalue weighted by Crippen LogP contribution is 2.48. The second kappa shape index (κ2) is 6.12. The summed E-state index contributed by atoms with van der Waals surface area (Å²) in [7, 11) is 0. The fraction of sp³-hybridized carbons (Fsp3) is 0. The van der Waals surface area contributed by atoms with Crippen molar-refractivity contribution in [3.05, 3.63) is 97.1 Å². The van der Waals surface area contributed by atoms with Gasteiger partial charge in [-0.15, -0.1) is 0 Å². The first-order valence-electron chi connectivity index (χ1n) is 11.3. The first-order chi connectivity index (χ1) is 16.7.